The summed E-state index contributed by atoms with van der Waals surface area (Å²) in [5.41, 5.74) is 5.30. The average Bonchev–Trinajstić information content (AvgIpc) is 3.37. The number of rotatable bonds is 34. The van der Waals surface area contributed by atoms with Crippen LogP contribution in [0.3, 0.4) is 0 Å². The van der Waals surface area contributed by atoms with E-state index in [1.54, 1.807) is 35.2 Å². The molecule has 0 spiro atoms. The fourth-order valence-corrected chi connectivity index (χ4v) is 10.2. The number of nitrogens with one attached hydrogen (secondary N) is 1. The molecule has 1 N–H and O–H groups in total. The van der Waals surface area contributed by atoms with Gasteiger partial charge in [0.2, 0.25) is 0 Å². The van der Waals surface area contributed by atoms with Crippen LogP contribution in [0.4, 0.5) is 17.1 Å². The Hall–Kier alpha value is -3.11. The number of benzene rings is 2. The predicted molar refractivity (Wildman–Crippen MR) is 265 cm³/mol. The number of phosphoric acid groups is 1. The van der Waals surface area contributed by atoms with Crippen molar-refractivity contribution in [3.63, 3.8) is 0 Å². The van der Waals surface area contributed by atoms with Gasteiger partial charge in [-0.2, -0.15) is 0 Å². The van der Waals surface area contributed by atoms with Crippen molar-refractivity contribution in [3.05, 3.63) is 76.4 Å². The minimum absolute atomic E-state index is 0.0682. The highest BCUT2D eigenvalue weighted by molar-refractivity contribution is 7.53. The highest BCUT2D eigenvalue weighted by atomic mass is 31.2. The van der Waals surface area contributed by atoms with E-state index in [9.17, 15) is 13.7 Å². The predicted octanol–water partition coefficient (Wildman–Crippen LogP) is 16.1. The summed E-state index contributed by atoms with van der Waals surface area (Å²) in [6, 6.07) is 8.18. The molecule has 13 nitrogen and oxygen atoms in total. The summed E-state index contributed by atoms with van der Waals surface area (Å²) in [5.74, 6) is -0.198. The lowest BCUT2D eigenvalue weighted by Crippen LogP contribution is -2.30. The van der Waals surface area contributed by atoms with Gasteiger partial charge in [0.15, 0.2) is 11.5 Å². The van der Waals surface area contributed by atoms with Crippen LogP contribution in [0, 0.1) is 0 Å². The molecule has 1 amide bonds. The lowest BCUT2D eigenvalue weighted by Gasteiger charge is -2.25. The molecule has 65 heavy (non-hydrogen) atoms. The normalized spacial score (nSPS) is 13.5. The third-order valence-electron chi connectivity index (χ3n) is 10.5. The van der Waals surface area contributed by atoms with E-state index in [1.165, 1.54) is 11.1 Å². The molecule has 0 saturated carbocycles. The summed E-state index contributed by atoms with van der Waals surface area (Å²) in [6.07, 6.45) is 17.4. The van der Waals surface area contributed by atoms with E-state index in [2.05, 4.69) is 38.2 Å². The number of hydrogen-bond acceptors (Lipinski definition) is 12. The van der Waals surface area contributed by atoms with Crippen molar-refractivity contribution < 1.29 is 50.2 Å². The third kappa shape index (κ3) is 19.9. The number of hydrogen-bond donors (Lipinski definition) is 1. The van der Waals surface area contributed by atoms with Crippen LogP contribution in [0.15, 0.2) is 65.3 Å². The second kappa shape index (κ2) is 30.3. The Kier molecular flexibility index (Phi) is 26.2. The van der Waals surface area contributed by atoms with Crippen molar-refractivity contribution in [2.75, 3.05) is 49.8 Å². The number of carbonyl (C=O) groups excluding carboxylic acids is 1. The van der Waals surface area contributed by atoms with E-state index < -0.39 is 29.6 Å². The van der Waals surface area contributed by atoms with Crippen molar-refractivity contribution >= 4 is 46.6 Å². The van der Waals surface area contributed by atoms with Crippen LogP contribution < -0.4 is 19.3 Å². The van der Waals surface area contributed by atoms with Gasteiger partial charge in [-0.1, -0.05) is 108 Å². The van der Waals surface area contributed by atoms with Crippen LogP contribution in [0.25, 0.3) is 0 Å². The Morgan fingerprint density at radius 3 is 1.85 bits per heavy atom. The van der Waals surface area contributed by atoms with Crippen molar-refractivity contribution in [2.45, 2.75) is 158 Å². The standard InChI is InChI=1S/C49H77N2O11P3/c1-10-15-31-56-63(53)61-43-36-42(38-64(54,57-32-16-11-2)58-33-17-12-3)47-45(37-43)51(30-29-41(9)26-21-25-40(8)24-20-23-39(6)7)49(52)44-27-22-28-46(48(44)50-47)62-65(55,59-34-18-13-4)60-35-19-14-5/h22-23,25,27-29,36-37H,10-21,24,26,30-35,38H2,1-9H3/p+1/b40-25+,41-29+. The first-order valence-electron chi connectivity index (χ1n) is 23.8. The molecule has 0 fully saturated rings. The van der Waals surface area contributed by atoms with E-state index >= 15 is 4.79 Å². The molecule has 16 heteroatoms. The molecule has 1 atom stereocenters. The topological polar surface area (TPSA) is 148 Å². The minimum atomic E-state index is -4.18. The number of unbranched alkanes of at least 4 members (excludes halogenated alkanes) is 5. The van der Waals surface area contributed by atoms with Crippen LogP contribution in [-0.2, 0) is 42.5 Å². The molecule has 0 aliphatic carbocycles. The summed E-state index contributed by atoms with van der Waals surface area (Å²) in [5, 5.41) is 3.45. The van der Waals surface area contributed by atoms with Crippen LogP contribution >= 0.6 is 23.7 Å². The van der Waals surface area contributed by atoms with Crippen molar-refractivity contribution in [1.82, 2.24) is 0 Å². The molecular formula is C49H78N2O11P3+. The van der Waals surface area contributed by atoms with Gasteiger partial charge in [0.05, 0.1) is 55.2 Å². The van der Waals surface area contributed by atoms with Gasteiger partial charge in [0, 0.05) is 17.2 Å². The number of fused-ring (bicyclic) bond motifs is 2. The number of anilines is 3. The molecule has 0 bridgehead atoms. The van der Waals surface area contributed by atoms with Crippen LogP contribution in [0.5, 0.6) is 11.5 Å². The van der Waals surface area contributed by atoms with Crippen LogP contribution in [0.2, 0.25) is 0 Å². The maximum Gasteiger partial charge on any atom is 0.750 e. The smallest absolute Gasteiger partial charge is 0.402 e. The maximum atomic E-state index is 15.1. The minimum Gasteiger partial charge on any atom is -0.402 e. The van der Waals surface area contributed by atoms with Crippen molar-refractivity contribution in [3.8, 4) is 11.5 Å². The second-order valence-corrected chi connectivity index (χ2v) is 21.2. The van der Waals surface area contributed by atoms with E-state index in [4.69, 9.17) is 31.7 Å². The molecule has 2 aromatic rings. The molecule has 2 aromatic carbocycles. The zero-order chi connectivity index (χ0) is 47.7. The summed E-state index contributed by atoms with van der Waals surface area (Å²) in [7, 11) is -10.6. The molecule has 1 aliphatic heterocycles. The number of amides is 1. The van der Waals surface area contributed by atoms with Gasteiger partial charge in [-0.05, 0) is 109 Å². The Labute approximate surface area is 391 Å². The number of para-hydroxylation sites is 1. The molecular weight excluding hydrogens is 885 g/mol. The fourth-order valence-electron chi connectivity index (χ4n) is 6.53. The lowest BCUT2D eigenvalue weighted by atomic mass is 10.1. The van der Waals surface area contributed by atoms with Crippen molar-refractivity contribution in [1.29, 1.82) is 0 Å². The zero-order valence-corrected chi connectivity index (χ0v) is 43.4. The maximum absolute atomic E-state index is 15.1. The van der Waals surface area contributed by atoms with Gasteiger partial charge in [-0.15, -0.1) is 4.52 Å². The van der Waals surface area contributed by atoms with Crippen LogP contribution in [0.1, 0.15) is 168 Å². The first-order valence-corrected chi connectivity index (χ1v) is 28.1. The van der Waals surface area contributed by atoms with Gasteiger partial charge >= 0.3 is 23.7 Å². The summed E-state index contributed by atoms with van der Waals surface area (Å²) < 4.78 is 83.8. The molecule has 1 aliphatic rings. The van der Waals surface area contributed by atoms with Gasteiger partial charge in [0.1, 0.15) is 6.61 Å². The number of carbonyl (C=O) groups is 1. The monoisotopic (exact) mass is 963 g/mol. The molecule has 0 aromatic heterocycles. The molecule has 1 unspecified atom stereocenters. The molecule has 0 saturated heterocycles. The number of nitrogens with zero attached hydrogens (tertiary/aromatic N) is 1. The number of allylic oxidation sites excluding steroid dienone is 5. The average molecular weight is 964 g/mol. The van der Waals surface area contributed by atoms with Gasteiger partial charge in [-0.3, -0.25) is 18.4 Å². The molecule has 1 heterocycles. The second-order valence-electron chi connectivity index (χ2n) is 16.7. The molecule has 3 rings (SSSR count). The summed E-state index contributed by atoms with van der Waals surface area (Å²) >= 11 is 0. The Balaban J connectivity index is 2.27. The first kappa shape index (κ1) is 56.2. The van der Waals surface area contributed by atoms with E-state index in [0.29, 0.717) is 49.0 Å². The quantitative estimate of drug-likeness (QED) is 0.0404. The summed E-state index contributed by atoms with van der Waals surface area (Å²) in [4.78, 5) is 16.7. The van der Waals surface area contributed by atoms with Gasteiger partial charge < -0.3 is 23.8 Å². The summed E-state index contributed by atoms with van der Waals surface area (Å²) in [6.45, 7) is 19.6. The highest BCUT2D eigenvalue weighted by Crippen LogP contribution is 2.57. The first-order chi connectivity index (χ1) is 31.2. The Bertz CT molecular complexity index is 1970. The Morgan fingerprint density at radius 1 is 0.708 bits per heavy atom. The van der Waals surface area contributed by atoms with E-state index in [-0.39, 0.29) is 68.5 Å². The van der Waals surface area contributed by atoms with Crippen molar-refractivity contribution in [2.24, 2.45) is 0 Å². The number of phosphoric ester groups is 1. The third-order valence-corrected chi connectivity index (χ3v) is 14.5. The SMILES string of the molecule is CCCCO[P+](=O)Oc1cc(CP(=O)(OCCCC)OCCCC)c2c(c1)N(C/C=C(\C)CC/C=C(\C)CCC=C(C)C)C(=O)c1cccc(OP(=O)(OCCCC)OCCCC)c1N2. The fraction of sp³-hybridized carbons (Fsp3) is 0.612. The van der Waals surface area contributed by atoms with E-state index in [0.717, 1.165) is 63.4 Å². The van der Waals surface area contributed by atoms with Gasteiger partial charge in [-0.25, -0.2) is 9.09 Å². The Morgan fingerprint density at radius 2 is 1.26 bits per heavy atom. The van der Waals surface area contributed by atoms with E-state index in [1.807, 2.05) is 47.6 Å². The van der Waals surface area contributed by atoms with Gasteiger partial charge in [0.25, 0.3) is 5.91 Å². The largest absolute Gasteiger partial charge is 0.750 e. The van der Waals surface area contributed by atoms with Crippen LogP contribution in [-0.4, -0.2) is 45.5 Å². The lowest BCUT2D eigenvalue weighted by molar-refractivity contribution is 0.0990. The highest BCUT2D eigenvalue weighted by Gasteiger charge is 2.37. The molecule has 364 valence electrons. The molecule has 0 radical (unpaired) electrons. The zero-order valence-electron chi connectivity index (χ0n) is 40.7.